The molecule has 0 aliphatic rings. The van der Waals surface area contributed by atoms with E-state index < -0.39 is 6.04 Å². The van der Waals surface area contributed by atoms with Gasteiger partial charge in [-0.15, -0.1) is 0 Å². The quantitative estimate of drug-likeness (QED) is 0.568. The van der Waals surface area contributed by atoms with Crippen LogP contribution in [0.25, 0.3) is 0 Å². The van der Waals surface area contributed by atoms with Crippen LogP contribution >= 0.6 is 11.6 Å². The van der Waals surface area contributed by atoms with Crippen molar-refractivity contribution in [1.82, 2.24) is 10.2 Å². The highest BCUT2D eigenvalue weighted by atomic mass is 35.5. The van der Waals surface area contributed by atoms with Gasteiger partial charge in [-0.05, 0) is 43.2 Å². The summed E-state index contributed by atoms with van der Waals surface area (Å²) in [6.07, 6.45) is 0.706. The number of nitrogens with one attached hydrogen (secondary N) is 1. The van der Waals surface area contributed by atoms with Crippen LogP contribution in [0.2, 0.25) is 5.02 Å². The predicted octanol–water partition coefficient (Wildman–Crippen LogP) is 3.29. The Bertz CT molecular complexity index is 768. The third-order valence-electron chi connectivity index (χ3n) is 4.36. The van der Waals surface area contributed by atoms with Crippen molar-refractivity contribution < 1.29 is 19.1 Å². The van der Waals surface area contributed by atoms with Crippen LogP contribution in [0.4, 0.5) is 0 Å². The van der Waals surface area contributed by atoms with Gasteiger partial charge in [-0.1, -0.05) is 41.9 Å². The number of hydrogen-bond acceptors (Lipinski definition) is 4. The molecule has 0 aliphatic heterocycles. The molecule has 1 N–H and O–H groups in total. The molecule has 0 fully saturated rings. The number of halogens is 1. The first kappa shape index (κ1) is 22.7. The van der Waals surface area contributed by atoms with Gasteiger partial charge in [-0.3, -0.25) is 9.59 Å². The number of carbonyl (C=O) groups excluding carboxylic acids is 2. The van der Waals surface area contributed by atoms with Gasteiger partial charge in [0.05, 0.1) is 0 Å². The molecule has 0 aliphatic carbocycles. The van der Waals surface area contributed by atoms with Crippen molar-refractivity contribution in [2.75, 3.05) is 26.9 Å². The van der Waals surface area contributed by atoms with E-state index in [9.17, 15) is 9.59 Å². The van der Waals surface area contributed by atoms with Gasteiger partial charge in [0.15, 0.2) is 6.61 Å². The molecular formula is C22H27ClN2O4. The normalized spacial score (nSPS) is 11.6. The van der Waals surface area contributed by atoms with Crippen molar-refractivity contribution in [3.63, 3.8) is 0 Å². The zero-order valence-electron chi connectivity index (χ0n) is 16.8. The third-order valence-corrected chi connectivity index (χ3v) is 4.62. The van der Waals surface area contributed by atoms with Gasteiger partial charge in [0.1, 0.15) is 11.8 Å². The molecule has 2 aromatic rings. The number of nitrogens with zero attached hydrogens (tertiary/aromatic N) is 1. The van der Waals surface area contributed by atoms with Gasteiger partial charge in [-0.25, -0.2) is 0 Å². The molecular weight excluding hydrogens is 392 g/mol. The largest absolute Gasteiger partial charge is 0.484 e. The second-order valence-corrected chi connectivity index (χ2v) is 7.00. The van der Waals surface area contributed by atoms with Gasteiger partial charge in [0.2, 0.25) is 5.91 Å². The first-order valence-corrected chi connectivity index (χ1v) is 9.87. The summed E-state index contributed by atoms with van der Waals surface area (Å²) < 4.78 is 10.6. The summed E-state index contributed by atoms with van der Waals surface area (Å²) in [4.78, 5) is 27.0. The van der Waals surface area contributed by atoms with Gasteiger partial charge in [-0.2, -0.15) is 0 Å². The standard InChI is InChI=1S/C22H27ClN2O4/c1-17(22(27)24-13-6-14-28-2)25(15-18-9-11-19(23)12-10-18)21(26)16-29-20-7-4-3-5-8-20/h3-5,7-12,17H,6,13-16H2,1-2H3,(H,24,27). The molecule has 6 nitrogen and oxygen atoms in total. The van der Waals surface area contributed by atoms with Crippen LogP contribution in [-0.4, -0.2) is 49.6 Å². The van der Waals surface area contributed by atoms with Crippen LogP contribution in [0.3, 0.4) is 0 Å². The Morgan fingerprint density at radius 1 is 1.10 bits per heavy atom. The zero-order valence-corrected chi connectivity index (χ0v) is 17.5. The van der Waals surface area contributed by atoms with E-state index in [1.807, 2.05) is 30.3 Å². The molecule has 2 rings (SSSR count). The second kappa shape index (κ2) is 12.1. The van der Waals surface area contributed by atoms with Crippen LogP contribution in [0.15, 0.2) is 54.6 Å². The molecule has 0 spiro atoms. The minimum atomic E-state index is -0.653. The molecule has 1 unspecified atom stereocenters. The maximum absolute atomic E-state index is 12.9. The highest BCUT2D eigenvalue weighted by Crippen LogP contribution is 2.15. The predicted molar refractivity (Wildman–Crippen MR) is 113 cm³/mol. The third kappa shape index (κ3) is 7.75. The number of ether oxygens (including phenoxy) is 2. The average molecular weight is 419 g/mol. The van der Waals surface area contributed by atoms with Gasteiger partial charge >= 0.3 is 0 Å². The summed E-state index contributed by atoms with van der Waals surface area (Å²) in [5.74, 6) is 0.107. The molecule has 0 saturated heterocycles. The lowest BCUT2D eigenvalue weighted by atomic mass is 10.1. The van der Waals surface area contributed by atoms with Gasteiger partial charge in [0.25, 0.3) is 5.91 Å². The highest BCUT2D eigenvalue weighted by molar-refractivity contribution is 6.30. The number of rotatable bonds is 11. The topological polar surface area (TPSA) is 67.9 Å². The first-order valence-electron chi connectivity index (χ1n) is 9.49. The zero-order chi connectivity index (χ0) is 21.1. The molecule has 0 heterocycles. The Balaban J connectivity index is 2.05. The van der Waals surface area contributed by atoms with Crippen molar-refractivity contribution in [3.05, 3.63) is 65.2 Å². The number of amides is 2. The van der Waals surface area contributed by atoms with Crippen LogP contribution < -0.4 is 10.1 Å². The van der Waals surface area contributed by atoms with Crippen LogP contribution in [0, 0.1) is 0 Å². The smallest absolute Gasteiger partial charge is 0.261 e. The molecule has 0 radical (unpaired) electrons. The Labute approximate surface area is 176 Å². The Morgan fingerprint density at radius 3 is 2.45 bits per heavy atom. The van der Waals surface area contributed by atoms with Crippen molar-refractivity contribution in [3.8, 4) is 5.75 Å². The van der Waals surface area contributed by atoms with E-state index in [0.717, 1.165) is 5.56 Å². The van der Waals surface area contributed by atoms with Crippen molar-refractivity contribution in [1.29, 1.82) is 0 Å². The van der Waals surface area contributed by atoms with E-state index in [1.165, 1.54) is 4.90 Å². The van der Waals surface area contributed by atoms with Crippen LogP contribution in [-0.2, 0) is 20.9 Å². The summed E-state index contributed by atoms with van der Waals surface area (Å²) in [6.45, 7) is 2.88. The van der Waals surface area contributed by atoms with E-state index in [1.54, 1.807) is 38.3 Å². The van der Waals surface area contributed by atoms with E-state index in [-0.39, 0.29) is 25.0 Å². The lowest BCUT2D eigenvalue weighted by Gasteiger charge is -2.28. The molecule has 2 aromatic carbocycles. The van der Waals surface area contributed by atoms with Gasteiger partial charge < -0.3 is 19.7 Å². The Hall–Kier alpha value is -2.57. The number of hydrogen-bond donors (Lipinski definition) is 1. The SMILES string of the molecule is COCCCNC(=O)C(C)N(Cc1ccc(Cl)cc1)C(=O)COc1ccccc1. The van der Waals surface area contributed by atoms with Crippen LogP contribution in [0.1, 0.15) is 18.9 Å². The lowest BCUT2D eigenvalue weighted by molar-refractivity contribution is -0.142. The highest BCUT2D eigenvalue weighted by Gasteiger charge is 2.26. The van der Waals surface area contributed by atoms with Gasteiger partial charge in [0, 0.05) is 31.8 Å². The summed E-state index contributed by atoms with van der Waals surface area (Å²) in [5.41, 5.74) is 0.876. The fourth-order valence-electron chi connectivity index (χ4n) is 2.69. The number of methoxy groups -OCH3 is 1. The molecule has 29 heavy (non-hydrogen) atoms. The van der Waals surface area contributed by atoms with E-state index in [4.69, 9.17) is 21.1 Å². The number of para-hydroxylation sites is 1. The molecule has 1 atom stereocenters. The van der Waals surface area contributed by atoms with Crippen molar-refractivity contribution >= 4 is 23.4 Å². The Morgan fingerprint density at radius 2 is 1.79 bits per heavy atom. The lowest BCUT2D eigenvalue weighted by Crippen LogP contribution is -2.49. The van der Waals surface area contributed by atoms with Crippen molar-refractivity contribution in [2.45, 2.75) is 25.9 Å². The monoisotopic (exact) mass is 418 g/mol. The maximum Gasteiger partial charge on any atom is 0.261 e. The van der Waals surface area contributed by atoms with E-state index in [2.05, 4.69) is 5.32 Å². The summed E-state index contributed by atoms with van der Waals surface area (Å²) in [6, 6.07) is 15.6. The van der Waals surface area contributed by atoms with Crippen LogP contribution in [0.5, 0.6) is 5.75 Å². The summed E-state index contributed by atoms with van der Waals surface area (Å²) in [7, 11) is 1.61. The summed E-state index contributed by atoms with van der Waals surface area (Å²) in [5, 5.41) is 3.46. The molecule has 2 amide bonds. The molecule has 7 heteroatoms. The average Bonchev–Trinajstić information content (AvgIpc) is 2.74. The van der Waals surface area contributed by atoms with E-state index in [0.29, 0.717) is 30.3 Å². The maximum atomic E-state index is 12.9. The second-order valence-electron chi connectivity index (χ2n) is 6.56. The number of benzene rings is 2. The minimum absolute atomic E-state index is 0.154. The first-order chi connectivity index (χ1) is 14.0. The molecule has 0 bridgehead atoms. The fourth-order valence-corrected chi connectivity index (χ4v) is 2.82. The van der Waals surface area contributed by atoms with E-state index >= 15 is 0 Å². The van der Waals surface area contributed by atoms with Crippen molar-refractivity contribution in [2.24, 2.45) is 0 Å². The molecule has 0 saturated carbocycles. The fraction of sp³-hybridized carbons (Fsp3) is 0.364. The summed E-state index contributed by atoms with van der Waals surface area (Å²) >= 11 is 5.95. The molecule has 0 aromatic heterocycles. The number of carbonyl (C=O) groups is 2. The molecule has 156 valence electrons. The Kier molecular flexibility index (Phi) is 9.47. The minimum Gasteiger partial charge on any atom is -0.484 e.